The van der Waals surface area contributed by atoms with E-state index in [4.69, 9.17) is 0 Å². The van der Waals surface area contributed by atoms with E-state index in [1.54, 1.807) is 0 Å². The van der Waals surface area contributed by atoms with Gasteiger partial charge in [0.2, 0.25) is 0 Å². The van der Waals surface area contributed by atoms with Gasteiger partial charge in [-0.05, 0) is 38.5 Å². The van der Waals surface area contributed by atoms with Crippen molar-refractivity contribution in [2.75, 3.05) is 13.1 Å². The van der Waals surface area contributed by atoms with Gasteiger partial charge in [-0.15, -0.1) is 0 Å². The predicted octanol–water partition coefficient (Wildman–Crippen LogP) is 3.42. The minimum Gasteiger partial charge on any atom is -0.309 e. The fraction of sp³-hybridized carbons (Fsp3) is 1.00. The molecule has 1 aliphatic heterocycles. The first-order valence-electron chi connectivity index (χ1n) is 8.10. The van der Waals surface area contributed by atoms with Gasteiger partial charge in [0, 0.05) is 30.7 Å². The molecule has 2 fully saturated rings. The maximum Gasteiger partial charge on any atom is 0.0278 e. The molecule has 1 saturated heterocycles. The molecule has 0 spiro atoms. The van der Waals surface area contributed by atoms with E-state index in [1.165, 1.54) is 51.6 Å². The topological polar surface area (TPSA) is 15.3 Å². The Kier molecular flexibility index (Phi) is 4.71. The first kappa shape index (κ1) is 14.3. The Morgan fingerprint density at radius 2 is 1.94 bits per heavy atom. The molecule has 106 valence electrons. The molecular weight excluding hydrogens is 220 g/mol. The highest BCUT2D eigenvalue weighted by Crippen LogP contribution is 2.33. The third kappa shape index (κ3) is 2.91. The van der Waals surface area contributed by atoms with Crippen molar-refractivity contribution in [1.82, 2.24) is 10.2 Å². The second kappa shape index (κ2) is 5.92. The first-order chi connectivity index (χ1) is 8.59. The van der Waals surface area contributed by atoms with Crippen LogP contribution in [-0.2, 0) is 0 Å². The number of nitrogens with one attached hydrogen (secondary N) is 1. The minimum absolute atomic E-state index is 0.336. The Labute approximate surface area is 114 Å². The summed E-state index contributed by atoms with van der Waals surface area (Å²) in [7, 11) is 0. The second-order valence-electron chi connectivity index (χ2n) is 6.86. The van der Waals surface area contributed by atoms with Crippen LogP contribution in [0, 0.1) is 5.92 Å². The zero-order chi connectivity index (χ0) is 13.2. The zero-order valence-electron chi connectivity index (χ0n) is 12.8. The molecule has 2 rings (SSSR count). The van der Waals surface area contributed by atoms with E-state index in [-0.39, 0.29) is 0 Å². The van der Waals surface area contributed by atoms with Crippen LogP contribution in [0.2, 0.25) is 0 Å². The highest BCUT2D eigenvalue weighted by Gasteiger charge is 2.39. The summed E-state index contributed by atoms with van der Waals surface area (Å²) in [5, 5.41) is 3.79. The molecule has 18 heavy (non-hydrogen) atoms. The largest absolute Gasteiger partial charge is 0.309 e. The Bertz CT molecular complexity index is 266. The highest BCUT2D eigenvalue weighted by molar-refractivity contribution is 4.97. The van der Waals surface area contributed by atoms with Crippen molar-refractivity contribution < 1.29 is 0 Å². The van der Waals surface area contributed by atoms with E-state index in [2.05, 4.69) is 37.9 Å². The molecule has 4 atom stereocenters. The SMILES string of the molecule is CCC1CNC(C)(CC)CN1C1CCCCC1C. The summed E-state index contributed by atoms with van der Waals surface area (Å²) in [4.78, 5) is 2.86. The Morgan fingerprint density at radius 1 is 1.22 bits per heavy atom. The van der Waals surface area contributed by atoms with Crippen molar-refractivity contribution in [2.24, 2.45) is 5.92 Å². The van der Waals surface area contributed by atoms with Crippen LogP contribution in [0.4, 0.5) is 0 Å². The fourth-order valence-corrected chi connectivity index (χ4v) is 3.86. The quantitative estimate of drug-likeness (QED) is 0.828. The van der Waals surface area contributed by atoms with Crippen molar-refractivity contribution in [3.63, 3.8) is 0 Å². The molecule has 2 nitrogen and oxygen atoms in total. The van der Waals surface area contributed by atoms with Gasteiger partial charge in [0.1, 0.15) is 0 Å². The van der Waals surface area contributed by atoms with Crippen molar-refractivity contribution in [1.29, 1.82) is 0 Å². The third-order valence-electron chi connectivity index (χ3n) is 5.51. The summed E-state index contributed by atoms with van der Waals surface area (Å²) in [6.45, 7) is 12.0. The lowest BCUT2D eigenvalue weighted by Gasteiger charge is -2.51. The van der Waals surface area contributed by atoms with Crippen LogP contribution in [0.1, 0.15) is 66.2 Å². The summed E-state index contributed by atoms with van der Waals surface area (Å²) in [6, 6.07) is 1.60. The molecule has 0 amide bonds. The standard InChI is InChI=1S/C16H32N2/c1-5-14-11-17-16(4,6-2)12-18(14)15-10-8-7-9-13(15)3/h13-15,17H,5-12H2,1-4H3. The van der Waals surface area contributed by atoms with E-state index in [0.29, 0.717) is 5.54 Å². The lowest BCUT2D eigenvalue weighted by Crippen LogP contribution is -2.65. The van der Waals surface area contributed by atoms with Crippen molar-refractivity contribution >= 4 is 0 Å². The van der Waals surface area contributed by atoms with E-state index in [1.807, 2.05) is 0 Å². The van der Waals surface area contributed by atoms with Crippen molar-refractivity contribution in [2.45, 2.75) is 83.8 Å². The monoisotopic (exact) mass is 252 g/mol. The number of rotatable bonds is 3. The Hall–Kier alpha value is -0.0800. The van der Waals surface area contributed by atoms with Crippen molar-refractivity contribution in [3.05, 3.63) is 0 Å². The lowest BCUT2D eigenvalue weighted by molar-refractivity contribution is 0.00846. The van der Waals surface area contributed by atoms with Crippen LogP contribution in [0.15, 0.2) is 0 Å². The van der Waals surface area contributed by atoms with Gasteiger partial charge in [0.25, 0.3) is 0 Å². The molecule has 0 radical (unpaired) electrons. The smallest absolute Gasteiger partial charge is 0.0278 e. The maximum atomic E-state index is 3.79. The molecule has 1 saturated carbocycles. The second-order valence-corrected chi connectivity index (χ2v) is 6.86. The average Bonchev–Trinajstić information content (AvgIpc) is 2.39. The van der Waals surface area contributed by atoms with Crippen LogP contribution in [0.25, 0.3) is 0 Å². The molecule has 4 unspecified atom stereocenters. The van der Waals surface area contributed by atoms with Crippen molar-refractivity contribution in [3.8, 4) is 0 Å². The molecule has 2 aliphatic rings. The third-order valence-corrected chi connectivity index (χ3v) is 5.51. The predicted molar refractivity (Wildman–Crippen MR) is 78.9 cm³/mol. The van der Waals surface area contributed by atoms with Gasteiger partial charge < -0.3 is 5.32 Å². The average molecular weight is 252 g/mol. The molecule has 0 aromatic carbocycles. The van der Waals surface area contributed by atoms with Gasteiger partial charge in [0.15, 0.2) is 0 Å². The van der Waals surface area contributed by atoms with E-state index >= 15 is 0 Å². The fourth-order valence-electron chi connectivity index (χ4n) is 3.86. The van der Waals surface area contributed by atoms with Crippen LogP contribution in [0.3, 0.4) is 0 Å². The summed E-state index contributed by atoms with van der Waals surface area (Å²) in [5.41, 5.74) is 0.336. The van der Waals surface area contributed by atoms with Crippen LogP contribution in [-0.4, -0.2) is 35.6 Å². The molecule has 0 bridgehead atoms. The molecule has 1 aliphatic carbocycles. The normalized spacial score (nSPS) is 43.0. The first-order valence-corrected chi connectivity index (χ1v) is 8.10. The highest BCUT2D eigenvalue weighted by atomic mass is 15.3. The Balaban J connectivity index is 2.10. The van der Waals surface area contributed by atoms with Gasteiger partial charge in [-0.1, -0.05) is 33.6 Å². The lowest BCUT2D eigenvalue weighted by atomic mass is 9.81. The minimum atomic E-state index is 0.336. The number of hydrogen-bond donors (Lipinski definition) is 1. The Morgan fingerprint density at radius 3 is 2.56 bits per heavy atom. The van der Waals surface area contributed by atoms with Gasteiger partial charge >= 0.3 is 0 Å². The molecule has 2 heteroatoms. The number of hydrogen-bond acceptors (Lipinski definition) is 2. The maximum absolute atomic E-state index is 3.79. The summed E-state index contributed by atoms with van der Waals surface area (Å²) >= 11 is 0. The van der Waals surface area contributed by atoms with E-state index in [0.717, 1.165) is 18.0 Å². The van der Waals surface area contributed by atoms with E-state index < -0.39 is 0 Å². The van der Waals surface area contributed by atoms with E-state index in [9.17, 15) is 0 Å². The molecule has 1 heterocycles. The zero-order valence-corrected chi connectivity index (χ0v) is 12.8. The number of piperazine rings is 1. The van der Waals surface area contributed by atoms with Gasteiger partial charge in [-0.2, -0.15) is 0 Å². The van der Waals surface area contributed by atoms with Crippen LogP contribution in [0.5, 0.6) is 0 Å². The summed E-state index contributed by atoms with van der Waals surface area (Å²) in [6.07, 6.45) is 8.28. The van der Waals surface area contributed by atoms with Crippen LogP contribution >= 0.6 is 0 Å². The molecule has 0 aromatic rings. The molecule has 0 aromatic heterocycles. The summed E-state index contributed by atoms with van der Waals surface area (Å²) in [5.74, 6) is 0.895. The summed E-state index contributed by atoms with van der Waals surface area (Å²) < 4.78 is 0. The van der Waals surface area contributed by atoms with Gasteiger partial charge in [-0.25, -0.2) is 0 Å². The molecular formula is C16H32N2. The number of nitrogens with zero attached hydrogens (tertiary/aromatic N) is 1. The molecule has 1 N–H and O–H groups in total. The van der Waals surface area contributed by atoms with Gasteiger partial charge in [-0.3, -0.25) is 4.90 Å². The van der Waals surface area contributed by atoms with Crippen LogP contribution < -0.4 is 5.32 Å². The van der Waals surface area contributed by atoms with Gasteiger partial charge in [0.05, 0.1) is 0 Å².